The summed E-state index contributed by atoms with van der Waals surface area (Å²) in [6.45, 7) is 7.82. The topological polar surface area (TPSA) is 81.4 Å². The third-order valence-electron chi connectivity index (χ3n) is 3.94. The standard InChI is InChI=1S/C15H26N2O3S/c1-6-12(7-2)11(4)17-21(18,19)15-9-13(16)10(3)8-14(15)20-5/h8-9,11-12,17H,6-7,16H2,1-5H3. The van der Waals surface area contributed by atoms with E-state index in [0.29, 0.717) is 17.4 Å². The van der Waals surface area contributed by atoms with Gasteiger partial charge in [-0.2, -0.15) is 0 Å². The summed E-state index contributed by atoms with van der Waals surface area (Å²) in [5.74, 6) is 0.611. The molecule has 0 aliphatic carbocycles. The van der Waals surface area contributed by atoms with E-state index < -0.39 is 10.0 Å². The third-order valence-corrected chi connectivity index (χ3v) is 5.52. The Bertz CT molecular complexity index is 581. The number of ether oxygens (including phenoxy) is 1. The first kappa shape index (κ1) is 17.8. The van der Waals surface area contributed by atoms with Crippen molar-refractivity contribution in [2.75, 3.05) is 12.8 Å². The van der Waals surface area contributed by atoms with Crippen molar-refractivity contribution < 1.29 is 13.2 Å². The van der Waals surface area contributed by atoms with Crippen molar-refractivity contribution in [3.8, 4) is 5.75 Å². The van der Waals surface area contributed by atoms with Gasteiger partial charge in [0, 0.05) is 11.7 Å². The van der Waals surface area contributed by atoms with Crippen molar-refractivity contribution in [1.29, 1.82) is 0 Å². The second-order valence-corrected chi connectivity index (χ2v) is 7.03. The minimum absolute atomic E-state index is 0.0888. The Hall–Kier alpha value is -1.27. The van der Waals surface area contributed by atoms with Crippen LogP contribution >= 0.6 is 0 Å². The van der Waals surface area contributed by atoms with Crippen LogP contribution in [0.15, 0.2) is 17.0 Å². The van der Waals surface area contributed by atoms with Crippen LogP contribution in [0.2, 0.25) is 0 Å². The Labute approximate surface area is 127 Å². The molecule has 0 heterocycles. The summed E-state index contributed by atoms with van der Waals surface area (Å²) in [5.41, 5.74) is 7.06. The third kappa shape index (κ3) is 4.11. The summed E-state index contributed by atoms with van der Waals surface area (Å²) in [4.78, 5) is 0.0888. The number of anilines is 1. The predicted molar refractivity (Wildman–Crippen MR) is 86.0 cm³/mol. The first-order valence-electron chi connectivity index (χ1n) is 7.23. The van der Waals surface area contributed by atoms with E-state index in [2.05, 4.69) is 18.6 Å². The zero-order valence-corrected chi connectivity index (χ0v) is 14.3. The van der Waals surface area contributed by atoms with Gasteiger partial charge >= 0.3 is 0 Å². The van der Waals surface area contributed by atoms with Crippen LogP contribution < -0.4 is 15.2 Å². The van der Waals surface area contributed by atoms with Gasteiger partial charge in [0.2, 0.25) is 10.0 Å². The van der Waals surface area contributed by atoms with Gasteiger partial charge in [-0.05, 0) is 37.5 Å². The lowest BCUT2D eigenvalue weighted by atomic mass is 9.96. The normalized spacial score (nSPS) is 13.4. The number of benzene rings is 1. The fourth-order valence-corrected chi connectivity index (χ4v) is 3.95. The molecule has 3 N–H and O–H groups in total. The first-order chi connectivity index (χ1) is 9.76. The molecule has 0 saturated heterocycles. The van der Waals surface area contributed by atoms with Crippen LogP contribution in [0.25, 0.3) is 0 Å². The highest BCUT2D eigenvalue weighted by molar-refractivity contribution is 7.89. The molecule has 0 aliphatic heterocycles. The molecule has 21 heavy (non-hydrogen) atoms. The molecular formula is C15H26N2O3S. The quantitative estimate of drug-likeness (QED) is 0.758. The Kier molecular flexibility index (Phi) is 6.04. The molecule has 0 radical (unpaired) electrons. The minimum atomic E-state index is -3.66. The van der Waals surface area contributed by atoms with Crippen LogP contribution in [0.4, 0.5) is 5.69 Å². The van der Waals surface area contributed by atoms with Crippen molar-refractivity contribution in [2.45, 2.75) is 51.5 Å². The molecule has 0 amide bonds. The van der Waals surface area contributed by atoms with Crippen LogP contribution in [0.5, 0.6) is 5.75 Å². The molecule has 0 bridgehead atoms. The summed E-state index contributed by atoms with van der Waals surface area (Å²) in [6.07, 6.45) is 1.85. The number of methoxy groups -OCH3 is 1. The Morgan fingerprint density at radius 2 is 1.86 bits per heavy atom. The lowest BCUT2D eigenvalue weighted by molar-refractivity contribution is 0.386. The van der Waals surface area contributed by atoms with Gasteiger partial charge in [-0.3, -0.25) is 0 Å². The van der Waals surface area contributed by atoms with Gasteiger partial charge in [-0.25, -0.2) is 13.1 Å². The molecule has 0 aliphatic rings. The largest absolute Gasteiger partial charge is 0.495 e. The van der Waals surface area contributed by atoms with E-state index in [-0.39, 0.29) is 10.9 Å². The fourth-order valence-electron chi connectivity index (χ4n) is 2.45. The van der Waals surface area contributed by atoms with Crippen LogP contribution in [0.3, 0.4) is 0 Å². The molecule has 0 spiro atoms. The summed E-state index contributed by atoms with van der Waals surface area (Å²) in [6, 6.07) is 2.96. The summed E-state index contributed by atoms with van der Waals surface area (Å²) in [5, 5.41) is 0. The smallest absolute Gasteiger partial charge is 0.244 e. The first-order valence-corrected chi connectivity index (χ1v) is 8.71. The van der Waals surface area contributed by atoms with Crippen molar-refractivity contribution in [3.05, 3.63) is 17.7 Å². The number of aryl methyl sites for hydroxylation is 1. The van der Waals surface area contributed by atoms with Crippen LogP contribution in [0.1, 0.15) is 39.2 Å². The van der Waals surface area contributed by atoms with E-state index in [1.807, 2.05) is 13.8 Å². The molecule has 1 unspecified atom stereocenters. The summed E-state index contributed by atoms with van der Waals surface area (Å²) < 4.78 is 33.1. The summed E-state index contributed by atoms with van der Waals surface area (Å²) in [7, 11) is -2.21. The fraction of sp³-hybridized carbons (Fsp3) is 0.600. The van der Waals surface area contributed by atoms with Crippen LogP contribution in [-0.2, 0) is 10.0 Å². The van der Waals surface area contributed by atoms with Crippen molar-refractivity contribution in [3.63, 3.8) is 0 Å². The van der Waals surface area contributed by atoms with Crippen molar-refractivity contribution >= 4 is 15.7 Å². The zero-order valence-electron chi connectivity index (χ0n) is 13.4. The Morgan fingerprint density at radius 3 is 2.33 bits per heavy atom. The molecule has 1 rings (SSSR count). The molecule has 6 heteroatoms. The Balaban J connectivity index is 3.16. The lowest BCUT2D eigenvalue weighted by Crippen LogP contribution is -2.37. The molecule has 0 saturated carbocycles. The van der Waals surface area contributed by atoms with E-state index in [4.69, 9.17) is 10.5 Å². The van der Waals surface area contributed by atoms with E-state index in [9.17, 15) is 8.42 Å². The van der Waals surface area contributed by atoms with Gasteiger partial charge in [-0.15, -0.1) is 0 Å². The molecule has 1 aromatic carbocycles. The second-order valence-electron chi connectivity index (χ2n) is 5.35. The maximum atomic E-state index is 12.6. The van der Waals surface area contributed by atoms with Gasteiger partial charge < -0.3 is 10.5 Å². The molecule has 1 atom stereocenters. The number of hydrogen-bond acceptors (Lipinski definition) is 4. The lowest BCUT2D eigenvalue weighted by Gasteiger charge is -2.23. The number of sulfonamides is 1. The number of nitrogens with two attached hydrogens (primary N) is 1. The number of nitrogen functional groups attached to an aromatic ring is 1. The second kappa shape index (κ2) is 7.13. The van der Waals surface area contributed by atoms with E-state index >= 15 is 0 Å². The van der Waals surface area contributed by atoms with Crippen molar-refractivity contribution in [2.24, 2.45) is 5.92 Å². The highest BCUT2D eigenvalue weighted by Crippen LogP contribution is 2.29. The number of hydrogen-bond donors (Lipinski definition) is 2. The Morgan fingerprint density at radius 1 is 1.29 bits per heavy atom. The monoisotopic (exact) mass is 314 g/mol. The molecule has 1 aromatic rings. The van der Waals surface area contributed by atoms with E-state index in [0.717, 1.165) is 18.4 Å². The molecule has 5 nitrogen and oxygen atoms in total. The molecule has 120 valence electrons. The number of rotatable bonds is 7. The molecule has 0 fully saturated rings. The highest BCUT2D eigenvalue weighted by atomic mass is 32.2. The van der Waals surface area contributed by atoms with Gasteiger partial charge in [0.25, 0.3) is 0 Å². The van der Waals surface area contributed by atoms with Gasteiger partial charge in [0.1, 0.15) is 10.6 Å². The maximum Gasteiger partial charge on any atom is 0.244 e. The molecular weight excluding hydrogens is 288 g/mol. The van der Waals surface area contributed by atoms with E-state index in [1.54, 1.807) is 6.07 Å². The minimum Gasteiger partial charge on any atom is -0.495 e. The zero-order chi connectivity index (χ0) is 16.2. The van der Waals surface area contributed by atoms with Crippen LogP contribution in [0, 0.1) is 12.8 Å². The predicted octanol–water partition coefficient (Wildman–Crippen LogP) is 2.69. The average molecular weight is 314 g/mol. The molecule has 0 aromatic heterocycles. The number of nitrogens with one attached hydrogen (secondary N) is 1. The van der Waals surface area contributed by atoms with Gasteiger partial charge in [0.05, 0.1) is 7.11 Å². The highest BCUT2D eigenvalue weighted by Gasteiger charge is 2.25. The average Bonchev–Trinajstić information content (AvgIpc) is 2.42. The maximum absolute atomic E-state index is 12.6. The van der Waals surface area contributed by atoms with E-state index in [1.165, 1.54) is 13.2 Å². The van der Waals surface area contributed by atoms with Crippen LogP contribution in [-0.4, -0.2) is 21.6 Å². The van der Waals surface area contributed by atoms with Crippen molar-refractivity contribution in [1.82, 2.24) is 4.72 Å². The van der Waals surface area contributed by atoms with Gasteiger partial charge in [0.15, 0.2) is 0 Å². The van der Waals surface area contributed by atoms with Gasteiger partial charge in [-0.1, -0.05) is 26.7 Å². The SMILES string of the molecule is CCC(CC)C(C)NS(=O)(=O)c1cc(N)c(C)cc1OC. The summed E-state index contributed by atoms with van der Waals surface area (Å²) >= 11 is 0.